The van der Waals surface area contributed by atoms with E-state index in [1.165, 1.54) is 24.3 Å². The predicted octanol–water partition coefficient (Wildman–Crippen LogP) is 4.38. The summed E-state index contributed by atoms with van der Waals surface area (Å²) in [6.07, 6.45) is -0.203. The zero-order valence-corrected chi connectivity index (χ0v) is 17.1. The molecular weight excluding hydrogens is 469 g/mol. The molecule has 0 bridgehead atoms. The summed E-state index contributed by atoms with van der Waals surface area (Å²) in [6.45, 7) is 3.82. The van der Waals surface area contributed by atoms with Crippen molar-refractivity contribution in [2.75, 3.05) is 11.9 Å². The fraction of sp³-hybridized carbons (Fsp3) is 0.316. The van der Waals surface area contributed by atoms with Gasteiger partial charge in [-0.05, 0) is 65.3 Å². The van der Waals surface area contributed by atoms with Crippen LogP contribution in [0.25, 0.3) is 0 Å². The smallest absolute Gasteiger partial charge is 0.277 e. The average Bonchev–Trinajstić information content (AvgIpc) is 2.58. The Balaban J connectivity index is 2.11. The highest BCUT2D eigenvalue weighted by Gasteiger charge is 2.17. The van der Waals surface area contributed by atoms with E-state index >= 15 is 0 Å². The van der Waals surface area contributed by atoms with Crippen LogP contribution in [-0.2, 0) is 4.84 Å². The van der Waals surface area contributed by atoms with Crippen molar-refractivity contribution < 1.29 is 23.5 Å². The second-order valence-corrected chi connectivity index (χ2v) is 7.68. The van der Waals surface area contributed by atoms with E-state index in [2.05, 4.69) is 10.8 Å². The number of anilines is 2. The highest BCUT2D eigenvalue weighted by molar-refractivity contribution is 14.1. The van der Waals surface area contributed by atoms with Crippen molar-refractivity contribution in [2.24, 2.45) is 5.92 Å². The summed E-state index contributed by atoms with van der Waals surface area (Å²) >= 11 is 1.96. The van der Waals surface area contributed by atoms with Crippen LogP contribution in [0.1, 0.15) is 30.6 Å². The van der Waals surface area contributed by atoms with Crippen LogP contribution in [0.2, 0.25) is 0 Å². The largest absolute Gasteiger partial charge is 0.391 e. The monoisotopic (exact) mass is 490 g/mol. The van der Waals surface area contributed by atoms with Gasteiger partial charge < -0.3 is 10.4 Å². The number of carbonyl (C=O) groups excluding carboxylic acids is 1. The molecule has 2 rings (SSSR count). The topological polar surface area (TPSA) is 70.6 Å². The van der Waals surface area contributed by atoms with Gasteiger partial charge in [0.15, 0.2) is 0 Å². The molecule has 0 saturated heterocycles. The number of halogens is 3. The zero-order chi connectivity index (χ0) is 20.0. The Morgan fingerprint density at radius 2 is 1.96 bits per heavy atom. The van der Waals surface area contributed by atoms with Gasteiger partial charge in [0.2, 0.25) is 0 Å². The van der Waals surface area contributed by atoms with Crippen LogP contribution in [-0.4, -0.2) is 23.7 Å². The standard InChI is InChI=1S/C19H21F2IN2O3/c1-11(2)8-13(25)10-27-24-19(26)14-4-3-5-15(20)18(14)23-17-7-6-12(22)9-16(17)21/h3-7,9,11,13,23,25H,8,10H2,1-2H3,(H,24,26). The zero-order valence-electron chi connectivity index (χ0n) is 14.9. The minimum absolute atomic E-state index is 0.0443. The molecule has 2 aromatic carbocycles. The third-order valence-corrected chi connectivity index (χ3v) is 4.30. The van der Waals surface area contributed by atoms with Gasteiger partial charge in [-0.2, -0.15) is 0 Å². The predicted molar refractivity (Wildman–Crippen MR) is 108 cm³/mol. The Labute approximate surface area is 170 Å². The summed E-state index contributed by atoms with van der Waals surface area (Å²) in [5.41, 5.74) is 2.01. The lowest BCUT2D eigenvalue weighted by Crippen LogP contribution is -2.29. The molecule has 0 aliphatic heterocycles. The lowest BCUT2D eigenvalue weighted by molar-refractivity contribution is -0.0181. The molecule has 0 fully saturated rings. The van der Waals surface area contributed by atoms with Crippen LogP contribution in [0.4, 0.5) is 20.2 Å². The summed E-state index contributed by atoms with van der Waals surface area (Å²) in [5.74, 6) is -1.70. The molecule has 0 radical (unpaired) electrons. The van der Waals surface area contributed by atoms with Crippen molar-refractivity contribution in [3.8, 4) is 0 Å². The van der Waals surface area contributed by atoms with Crippen molar-refractivity contribution in [2.45, 2.75) is 26.4 Å². The minimum atomic E-state index is -0.726. The molecular formula is C19H21F2IN2O3. The van der Waals surface area contributed by atoms with Crippen molar-refractivity contribution in [1.29, 1.82) is 0 Å². The molecule has 1 unspecified atom stereocenters. The maximum Gasteiger partial charge on any atom is 0.277 e. The summed E-state index contributed by atoms with van der Waals surface area (Å²) in [6, 6.07) is 8.34. The summed E-state index contributed by atoms with van der Waals surface area (Å²) < 4.78 is 29.0. The Morgan fingerprint density at radius 3 is 2.63 bits per heavy atom. The summed E-state index contributed by atoms with van der Waals surface area (Å²) in [5, 5.41) is 12.4. The molecule has 3 N–H and O–H groups in total. The summed E-state index contributed by atoms with van der Waals surface area (Å²) in [4.78, 5) is 17.4. The van der Waals surface area contributed by atoms with Gasteiger partial charge in [-0.15, -0.1) is 0 Å². The first-order valence-corrected chi connectivity index (χ1v) is 9.46. The van der Waals surface area contributed by atoms with E-state index in [0.29, 0.717) is 9.99 Å². The molecule has 1 atom stereocenters. The number of nitrogens with one attached hydrogen (secondary N) is 2. The van der Waals surface area contributed by atoms with E-state index in [4.69, 9.17) is 4.84 Å². The van der Waals surface area contributed by atoms with Gasteiger partial charge in [-0.3, -0.25) is 9.63 Å². The second-order valence-electron chi connectivity index (χ2n) is 6.44. The highest BCUT2D eigenvalue weighted by atomic mass is 127. The first-order chi connectivity index (χ1) is 12.8. The average molecular weight is 490 g/mol. The molecule has 0 spiro atoms. The van der Waals surface area contributed by atoms with E-state index in [1.54, 1.807) is 6.07 Å². The van der Waals surface area contributed by atoms with E-state index < -0.39 is 23.6 Å². The van der Waals surface area contributed by atoms with Crippen molar-refractivity contribution >= 4 is 39.9 Å². The molecule has 0 heterocycles. The van der Waals surface area contributed by atoms with Crippen molar-refractivity contribution in [1.82, 2.24) is 5.48 Å². The molecule has 27 heavy (non-hydrogen) atoms. The molecule has 8 heteroatoms. The maximum absolute atomic E-state index is 14.3. The molecule has 2 aromatic rings. The number of aliphatic hydroxyl groups excluding tert-OH is 1. The molecule has 0 aromatic heterocycles. The second kappa shape index (κ2) is 9.95. The Morgan fingerprint density at radius 1 is 1.22 bits per heavy atom. The van der Waals surface area contributed by atoms with Gasteiger partial charge >= 0.3 is 0 Å². The number of benzene rings is 2. The first-order valence-electron chi connectivity index (χ1n) is 8.38. The minimum Gasteiger partial charge on any atom is -0.391 e. The van der Waals surface area contributed by atoms with Crippen molar-refractivity contribution in [3.05, 3.63) is 57.2 Å². The molecule has 0 aliphatic rings. The number of para-hydroxylation sites is 1. The third-order valence-electron chi connectivity index (χ3n) is 3.63. The van der Waals surface area contributed by atoms with Crippen LogP contribution in [0.5, 0.6) is 0 Å². The SMILES string of the molecule is CC(C)CC(O)CONC(=O)c1cccc(F)c1Nc1ccc(I)cc1F. The van der Waals surface area contributed by atoms with E-state index in [9.17, 15) is 18.7 Å². The van der Waals surface area contributed by atoms with Crippen LogP contribution in [0, 0.1) is 21.1 Å². The fourth-order valence-corrected chi connectivity index (χ4v) is 2.89. The number of hydroxylamine groups is 1. The van der Waals surface area contributed by atoms with Gasteiger partial charge in [0.25, 0.3) is 5.91 Å². The number of rotatable bonds is 8. The molecule has 1 amide bonds. The van der Waals surface area contributed by atoms with Gasteiger partial charge in [0.1, 0.15) is 18.2 Å². The molecule has 146 valence electrons. The number of aliphatic hydroxyl groups is 1. The van der Waals surface area contributed by atoms with E-state index in [0.717, 1.165) is 6.07 Å². The Hall–Kier alpha value is -1.78. The molecule has 0 saturated carbocycles. The van der Waals surface area contributed by atoms with E-state index in [-0.39, 0.29) is 29.5 Å². The highest BCUT2D eigenvalue weighted by Crippen LogP contribution is 2.27. The quantitative estimate of drug-likeness (QED) is 0.380. The summed E-state index contributed by atoms with van der Waals surface area (Å²) in [7, 11) is 0. The van der Waals surface area contributed by atoms with Gasteiger partial charge in [-0.25, -0.2) is 14.3 Å². The lowest BCUT2D eigenvalue weighted by Gasteiger charge is -2.15. The number of carbonyl (C=O) groups is 1. The molecule has 5 nitrogen and oxygen atoms in total. The molecule has 0 aliphatic carbocycles. The number of amides is 1. The van der Waals surface area contributed by atoms with Crippen LogP contribution >= 0.6 is 22.6 Å². The normalized spacial score (nSPS) is 12.1. The van der Waals surface area contributed by atoms with Gasteiger partial charge in [0, 0.05) is 3.57 Å². The Bertz CT molecular complexity index is 803. The van der Waals surface area contributed by atoms with Gasteiger partial charge in [0.05, 0.1) is 23.0 Å². The van der Waals surface area contributed by atoms with Crippen LogP contribution in [0.3, 0.4) is 0 Å². The van der Waals surface area contributed by atoms with Crippen molar-refractivity contribution in [3.63, 3.8) is 0 Å². The lowest BCUT2D eigenvalue weighted by atomic mass is 10.1. The van der Waals surface area contributed by atoms with E-state index in [1.807, 2.05) is 36.4 Å². The van der Waals surface area contributed by atoms with Gasteiger partial charge in [-0.1, -0.05) is 19.9 Å². The number of hydrogen-bond donors (Lipinski definition) is 3. The maximum atomic E-state index is 14.3. The third kappa shape index (κ3) is 6.40. The number of hydrogen-bond acceptors (Lipinski definition) is 4. The van der Waals surface area contributed by atoms with Crippen LogP contribution in [0.15, 0.2) is 36.4 Å². The fourth-order valence-electron chi connectivity index (χ4n) is 2.44. The first kappa shape index (κ1) is 21.5. The Kier molecular flexibility index (Phi) is 7.93. The van der Waals surface area contributed by atoms with Crippen LogP contribution < -0.4 is 10.8 Å².